The summed E-state index contributed by atoms with van der Waals surface area (Å²) in [7, 11) is 1.63. The fraction of sp³-hybridized carbons (Fsp3) is 0.621. The molecule has 2 heterocycles. The SMILES string of the molecule is CCON=C(CCC(=O)CC1CCN(C2CCC(O)(c3cnc(COC)s3)CC2)C1)c1cccc(C(F)(F)F)c1. The van der Waals surface area contributed by atoms with Gasteiger partial charge in [0.2, 0.25) is 0 Å². The van der Waals surface area contributed by atoms with Crippen LogP contribution in [-0.2, 0) is 32.8 Å². The highest BCUT2D eigenvalue weighted by Crippen LogP contribution is 2.42. The summed E-state index contributed by atoms with van der Waals surface area (Å²) in [6.45, 7) is 4.26. The number of Topliss-reactive ketones (excluding diaryl/α,β-unsaturated/α-hetero) is 1. The molecule has 0 amide bonds. The molecule has 1 aromatic carbocycles. The molecule has 2 fully saturated rings. The van der Waals surface area contributed by atoms with Crippen molar-refractivity contribution in [3.05, 3.63) is 51.5 Å². The Hall–Kier alpha value is -2.34. The molecular formula is C29H38F3N3O4S. The first kappa shape index (κ1) is 30.6. The normalized spacial score (nSPS) is 24.4. The molecule has 1 unspecified atom stereocenters. The van der Waals surface area contributed by atoms with Gasteiger partial charge < -0.3 is 19.6 Å². The number of halogens is 3. The number of likely N-dealkylation sites (tertiary alicyclic amines) is 1. The maximum atomic E-state index is 13.2. The molecule has 1 atom stereocenters. The first-order valence-electron chi connectivity index (χ1n) is 13.9. The molecule has 1 aromatic heterocycles. The van der Waals surface area contributed by atoms with Crippen LogP contribution in [0.3, 0.4) is 0 Å². The van der Waals surface area contributed by atoms with Crippen molar-refractivity contribution in [2.45, 2.75) is 82.7 Å². The van der Waals surface area contributed by atoms with E-state index in [1.54, 1.807) is 26.3 Å². The maximum absolute atomic E-state index is 13.2. The predicted molar refractivity (Wildman–Crippen MR) is 147 cm³/mol. The molecular weight excluding hydrogens is 543 g/mol. The average molecular weight is 582 g/mol. The Labute approximate surface area is 237 Å². The number of methoxy groups -OCH3 is 1. The van der Waals surface area contributed by atoms with Crippen molar-refractivity contribution in [2.75, 3.05) is 26.8 Å². The molecule has 1 saturated carbocycles. The lowest BCUT2D eigenvalue weighted by Crippen LogP contribution is -2.41. The molecule has 1 aliphatic heterocycles. The monoisotopic (exact) mass is 581 g/mol. The lowest BCUT2D eigenvalue weighted by molar-refractivity contribution is -0.137. The molecule has 2 aromatic rings. The molecule has 0 spiro atoms. The van der Waals surface area contributed by atoms with E-state index in [9.17, 15) is 23.1 Å². The number of hydrogen-bond donors (Lipinski definition) is 1. The highest BCUT2D eigenvalue weighted by atomic mass is 32.1. The third-order valence-corrected chi connectivity index (χ3v) is 9.04. The van der Waals surface area contributed by atoms with Gasteiger partial charge in [0.25, 0.3) is 0 Å². The molecule has 0 bridgehead atoms. The molecule has 1 saturated heterocycles. The van der Waals surface area contributed by atoms with Crippen LogP contribution in [0.1, 0.15) is 79.3 Å². The van der Waals surface area contributed by atoms with E-state index >= 15 is 0 Å². The minimum atomic E-state index is -4.46. The van der Waals surface area contributed by atoms with E-state index in [4.69, 9.17) is 9.57 Å². The number of rotatable bonds is 12. The molecule has 11 heteroatoms. The number of alkyl halides is 3. The summed E-state index contributed by atoms with van der Waals surface area (Å²) >= 11 is 1.51. The number of carbonyl (C=O) groups excluding carboxylic acids is 1. The van der Waals surface area contributed by atoms with Crippen LogP contribution in [0.2, 0.25) is 0 Å². The lowest BCUT2D eigenvalue weighted by atomic mass is 9.81. The number of aliphatic hydroxyl groups is 1. The number of aromatic nitrogens is 1. The Kier molecular flexibility index (Phi) is 10.4. The van der Waals surface area contributed by atoms with Crippen LogP contribution in [-0.4, -0.2) is 59.3 Å². The Morgan fingerprint density at radius 2 is 2.02 bits per heavy atom. The number of ether oxygens (including phenoxy) is 1. The Balaban J connectivity index is 1.26. The van der Waals surface area contributed by atoms with Crippen molar-refractivity contribution in [3.63, 3.8) is 0 Å². The summed E-state index contributed by atoms with van der Waals surface area (Å²) in [6.07, 6.45) is 2.28. The van der Waals surface area contributed by atoms with E-state index in [-0.39, 0.29) is 31.1 Å². The lowest BCUT2D eigenvalue weighted by Gasteiger charge is -2.39. The standard InChI is InChI=1S/C29H38F3N3O4S/c1-3-39-34-25(21-5-4-6-22(16-21)29(30,31)32)8-7-24(36)15-20-11-14-35(18-20)23-9-12-28(37,13-10-23)26-17-33-27(40-26)19-38-2/h4-6,16-17,20,23,37H,3,7-15,18-19H2,1-2H3. The van der Waals surface area contributed by atoms with Crippen LogP contribution in [0.5, 0.6) is 0 Å². The van der Waals surface area contributed by atoms with E-state index in [2.05, 4.69) is 15.0 Å². The van der Waals surface area contributed by atoms with Crippen LogP contribution >= 0.6 is 11.3 Å². The minimum absolute atomic E-state index is 0.0816. The van der Waals surface area contributed by atoms with Gasteiger partial charge in [0.1, 0.15) is 23.0 Å². The number of carbonyl (C=O) groups is 1. The second-order valence-corrected chi connectivity index (χ2v) is 11.9. The van der Waals surface area contributed by atoms with Gasteiger partial charge in [-0.15, -0.1) is 11.3 Å². The predicted octanol–water partition coefficient (Wildman–Crippen LogP) is 5.94. The second kappa shape index (κ2) is 13.5. The first-order valence-corrected chi connectivity index (χ1v) is 14.7. The molecule has 2 aliphatic rings. The topological polar surface area (TPSA) is 84.2 Å². The summed E-state index contributed by atoms with van der Waals surface area (Å²) in [5, 5.41) is 16.1. The number of oxime groups is 1. The first-order chi connectivity index (χ1) is 19.1. The van der Waals surface area contributed by atoms with Crippen molar-refractivity contribution >= 4 is 22.8 Å². The van der Waals surface area contributed by atoms with Crippen LogP contribution in [0.25, 0.3) is 0 Å². The van der Waals surface area contributed by atoms with Crippen LogP contribution in [0, 0.1) is 5.92 Å². The van der Waals surface area contributed by atoms with E-state index in [0.717, 1.165) is 54.4 Å². The average Bonchev–Trinajstić information content (AvgIpc) is 3.59. The Morgan fingerprint density at radius 1 is 1.25 bits per heavy atom. The zero-order valence-electron chi connectivity index (χ0n) is 23.1. The maximum Gasteiger partial charge on any atom is 0.416 e. The summed E-state index contributed by atoms with van der Waals surface area (Å²) < 4.78 is 44.7. The van der Waals surface area contributed by atoms with E-state index in [1.165, 1.54) is 17.4 Å². The van der Waals surface area contributed by atoms with E-state index < -0.39 is 17.3 Å². The zero-order chi connectivity index (χ0) is 28.8. The van der Waals surface area contributed by atoms with Gasteiger partial charge >= 0.3 is 6.18 Å². The van der Waals surface area contributed by atoms with Gasteiger partial charge in [0.05, 0.1) is 22.8 Å². The van der Waals surface area contributed by atoms with Gasteiger partial charge in [-0.1, -0.05) is 17.3 Å². The Morgan fingerprint density at radius 3 is 2.73 bits per heavy atom. The van der Waals surface area contributed by atoms with Crippen molar-refractivity contribution in [1.82, 2.24) is 9.88 Å². The quantitative estimate of drug-likeness (QED) is 0.247. The molecule has 40 heavy (non-hydrogen) atoms. The number of benzene rings is 1. The molecule has 1 N–H and O–H groups in total. The van der Waals surface area contributed by atoms with Crippen LogP contribution < -0.4 is 0 Å². The third kappa shape index (κ3) is 7.90. The largest absolute Gasteiger partial charge is 0.416 e. The highest BCUT2D eigenvalue weighted by Gasteiger charge is 2.39. The van der Waals surface area contributed by atoms with Crippen molar-refractivity contribution < 1.29 is 32.6 Å². The number of thiazole rings is 1. The molecule has 4 rings (SSSR count). The van der Waals surface area contributed by atoms with Crippen molar-refractivity contribution in [2.24, 2.45) is 11.1 Å². The fourth-order valence-corrected chi connectivity index (χ4v) is 6.75. The fourth-order valence-electron chi connectivity index (χ4n) is 5.71. The van der Waals surface area contributed by atoms with E-state index in [0.29, 0.717) is 43.2 Å². The number of hydrogen-bond acceptors (Lipinski definition) is 8. The molecule has 0 radical (unpaired) electrons. The second-order valence-electron chi connectivity index (χ2n) is 10.7. The summed E-state index contributed by atoms with van der Waals surface area (Å²) in [6, 6.07) is 5.36. The van der Waals surface area contributed by atoms with Gasteiger partial charge in [0.15, 0.2) is 0 Å². The van der Waals surface area contributed by atoms with Crippen molar-refractivity contribution in [3.8, 4) is 0 Å². The van der Waals surface area contributed by atoms with Gasteiger partial charge in [0, 0.05) is 45.2 Å². The third-order valence-electron chi connectivity index (χ3n) is 7.88. The van der Waals surface area contributed by atoms with Gasteiger partial charge in [-0.2, -0.15) is 13.2 Å². The van der Waals surface area contributed by atoms with Gasteiger partial charge in [-0.05, 0) is 69.2 Å². The molecule has 7 nitrogen and oxygen atoms in total. The Bertz CT molecular complexity index is 1160. The van der Waals surface area contributed by atoms with Crippen molar-refractivity contribution in [1.29, 1.82) is 0 Å². The minimum Gasteiger partial charge on any atom is -0.396 e. The van der Waals surface area contributed by atoms with Gasteiger partial charge in [-0.3, -0.25) is 4.79 Å². The summed E-state index contributed by atoms with van der Waals surface area (Å²) in [5.74, 6) is 0.338. The molecule has 1 aliphatic carbocycles. The summed E-state index contributed by atoms with van der Waals surface area (Å²) in [4.78, 5) is 25.7. The van der Waals surface area contributed by atoms with Crippen LogP contribution in [0.4, 0.5) is 13.2 Å². The van der Waals surface area contributed by atoms with Crippen LogP contribution in [0.15, 0.2) is 35.6 Å². The highest BCUT2D eigenvalue weighted by molar-refractivity contribution is 7.11. The number of nitrogens with zero attached hydrogens (tertiary/aromatic N) is 3. The zero-order valence-corrected chi connectivity index (χ0v) is 23.9. The molecule has 220 valence electrons. The van der Waals surface area contributed by atoms with E-state index in [1.807, 2.05) is 0 Å². The smallest absolute Gasteiger partial charge is 0.396 e. The summed E-state index contributed by atoms with van der Waals surface area (Å²) in [5.41, 5.74) is -0.932. The number of ketones is 1. The van der Waals surface area contributed by atoms with Gasteiger partial charge in [-0.25, -0.2) is 4.98 Å².